The first-order valence-corrected chi connectivity index (χ1v) is 9.49. The molecule has 4 aromatic rings. The third-order valence-electron chi connectivity index (χ3n) is 3.71. The van der Waals surface area contributed by atoms with Crippen LogP contribution in [0.2, 0.25) is 5.02 Å². The molecule has 3 aromatic heterocycles. The molecule has 136 valence electrons. The van der Waals surface area contributed by atoms with Crippen LogP contribution < -0.4 is 10.4 Å². The monoisotopic (exact) mass is 510 g/mol. The van der Waals surface area contributed by atoms with Crippen molar-refractivity contribution in [3.8, 4) is 23.3 Å². The fraction of sp³-hybridized carbons (Fsp3) is 0.0588. The molecular weight excluding hydrogens is 503 g/mol. The van der Waals surface area contributed by atoms with Crippen molar-refractivity contribution in [1.82, 2.24) is 19.7 Å². The van der Waals surface area contributed by atoms with Gasteiger partial charge in [-0.15, -0.1) is 5.10 Å². The van der Waals surface area contributed by atoms with Crippen LogP contribution in [-0.2, 0) is 0 Å². The first-order chi connectivity index (χ1) is 13.0. The lowest BCUT2D eigenvalue weighted by Crippen LogP contribution is -2.07. The van der Waals surface area contributed by atoms with Crippen LogP contribution in [-0.4, -0.2) is 26.9 Å². The minimum absolute atomic E-state index is 0.0630. The van der Waals surface area contributed by atoms with Crippen molar-refractivity contribution < 1.29 is 9.15 Å². The van der Waals surface area contributed by atoms with E-state index in [1.807, 2.05) is 0 Å². The molecule has 0 bridgehead atoms. The van der Waals surface area contributed by atoms with Crippen molar-refractivity contribution in [2.45, 2.75) is 0 Å². The van der Waals surface area contributed by atoms with Crippen LogP contribution in [0.25, 0.3) is 28.3 Å². The number of pyridine rings is 1. The molecule has 0 spiro atoms. The van der Waals surface area contributed by atoms with E-state index in [0.717, 1.165) is 4.47 Å². The standard InChI is InChI=1S/C17H9Br2ClN4O3/c1-26-13-7-12(24(23-13)15-11(20)3-2-4-21-15)16-22-14-9(17(25)27-16)5-8(18)6-10(14)19/h2-7H,1H3. The van der Waals surface area contributed by atoms with E-state index in [1.54, 1.807) is 36.5 Å². The lowest BCUT2D eigenvalue weighted by molar-refractivity contribution is 0.394. The lowest BCUT2D eigenvalue weighted by atomic mass is 10.2. The summed E-state index contributed by atoms with van der Waals surface area (Å²) in [7, 11) is 1.48. The molecular formula is C17H9Br2ClN4O3. The predicted molar refractivity (Wildman–Crippen MR) is 108 cm³/mol. The number of ether oxygens (including phenoxy) is 1. The number of hydrogen-bond acceptors (Lipinski definition) is 6. The van der Waals surface area contributed by atoms with E-state index in [1.165, 1.54) is 11.8 Å². The summed E-state index contributed by atoms with van der Waals surface area (Å²) in [6.45, 7) is 0. The van der Waals surface area contributed by atoms with Crippen molar-refractivity contribution in [2.24, 2.45) is 0 Å². The quantitative estimate of drug-likeness (QED) is 0.398. The molecule has 0 N–H and O–H groups in total. The number of rotatable bonds is 3. The van der Waals surface area contributed by atoms with Crippen molar-refractivity contribution in [3.63, 3.8) is 0 Å². The zero-order chi connectivity index (χ0) is 19.1. The third-order valence-corrected chi connectivity index (χ3v) is 5.06. The number of benzene rings is 1. The van der Waals surface area contributed by atoms with E-state index in [2.05, 4.69) is 46.9 Å². The topological polar surface area (TPSA) is 83.0 Å². The molecule has 0 radical (unpaired) electrons. The second kappa shape index (κ2) is 7.06. The van der Waals surface area contributed by atoms with Crippen molar-refractivity contribution >= 4 is 54.4 Å². The number of nitrogens with zero attached hydrogens (tertiary/aromatic N) is 4. The van der Waals surface area contributed by atoms with Crippen molar-refractivity contribution in [1.29, 1.82) is 0 Å². The number of halogens is 3. The van der Waals surface area contributed by atoms with Crippen LogP contribution >= 0.6 is 43.5 Å². The summed E-state index contributed by atoms with van der Waals surface area (Å²) in [6.07, 6.45) is 1.58. The molecule has 7 nitrogen and oxygen atoms in total. The van der Waals surface area contributed by atoms with Gasteiger partial charge in [-0.2, -0.15) is 0 Å². The van der Waals surface area contributed by atoms with Crippen LogP contribution in [0.1, 0.15) is 0 Å². The Hall–Kier alpha value is -2.23. The Balaban J connectivity index is 2.01. The normalized spacial score (nSPS) is 11.1. The molecule has 0 saturated carbocycles. The van der Waals surface area contributed by atoms with Gasteiger partial charge in [0.1, 0.15) is 5.69 Å². The van der Waals surface area contributed by atoms with Gasteiger partial charge in [0.2, 0.25) is 11.8 Å². The molecule has 4 rings (SSSR count). The van der Waals surface area contributed by atoms with E-state index in [0.29, 0.717) is 37.8 Å². The first-order valence-electron chi connectivity index (χ1n) is 7.53. The molecule has 27 heavy (non-hydrogen) atoms. The Morgan fingerprint density at radius 3 is 2.81 bits per heavy atom. The van der Waals surface area contributed by atoms with Gasteiger partial charge >= 0.3 is 5.63 Å². The van der Waals surface area contributed by atoms with Gasteiger partial charge in [0.25, 0.3) is 0 Å². The summed E-state index contributed by atoms with van der Waals surface area (Å²) in [5.74, 6) is 0.719. The highest BCUT2D eigenvalue weighted by atomic mass is 79.9. The van der Waals surface area contributed by atoms with E-state index >= 15 is 0 Å². The Labute approximate surface area is 174 Å². The summed E-state index contributed by atoms with van der Waals surface area (Å²) >= 11 is 13.0. The van der Waals surface area contributed by atoms with E-state index in [4.69, 9.17) is 20.8 Å². The fourth-order valence-electron chi connectivity index (χ4n) is 2.52. The zero-order valence-electron chi connectivity index (χ0n) is 13.6. The minimum Gasteiger partial charge on any atom is -0.480 e. The smallest absolute Gasteiger partial charge is 0.347 e. The Morgan fingerprint density at radius 2 is 2.07 bits per heavy atom. The minimum atomic E-state index is -0.532. The molecule has 0 saturated heterocycles. The lowest BCUT2D eigenvalue weighted by Gasteiger charge is -2.07. The number of hydrogen-bond donors (Lipinski definition) is 0. The largest absolute Gasteiger partial charge is 0.480 e. The SMILES string of the molecule is COc1cc(-c2nc3c(Br)cc(Br)cc3c(=O)o2)n(-c2ncccc2Cl)n1. The second-order valence-corrected chi connectivity index (χ2v) is 7.56. The summed E-state index contributed by atoms with van der Waals surface area (Å²) in [6, 6.07) is 8.42. The number of aromatic nitrogens is 4. The second-order valence-electron chi connectivity index (χ2n) is 5.38. The van der Waals surface area contributed by atoms with E-state index in [-0.39, 0.29) is 5.89 Å². The molecule has 0 aliphatic carbocycles. The average molecular weight is 513 g/mol. The number of fused-ring (bicyclic) bond motifs is 1. The van der Waals surface area contributed by atoms with E-state index < -0.39 is 5.63 Å². The van der Waals surface area contributed by atoms with Gasteiger partial charge in [-0.25, -0.2) is 19.4 Å². The molecule has 0 amide bonds. The molecule has 1 aromatic carbocycles. The van der Waals surface area contributed by atoms with Crippen LogP contribution in [0.5, 0.6) is 5.88 Å². The molecule has 3 heterocycles. The molecule has 0 unspecified atom stereocenters. The summed E-state index contributed by atoms with van der Waals surface area (Å²) < 4.78 is 13.5. The molecule has 0 fully saturated rings. The molecule has 0 aliphatic heterocycles. The maximum absolute atomic E-state index is 12.5. The van der Waals surface area contributed by atoms with Crippen LogP contribution in [0, 0.1) is 0 Å². The Morgan fingerprint density at radius 1 is 1.26 bits per heavy atom. The maximum Gasteiger partial charge on any atom is 0.347 e. The average Bonchev–Trinajstić information content (AvgIpc) is 3.07. The van der Waals surface area contributed by atoms with E-state index in [9.17, 15) is 4.79 Å². The fourth-order valence-corrected chi connectivity index (χ4v) is 4.03. The highest BCUT2D eigenvalue weighted by Gasteiger charge is 2.20. The van der Waals surface area contributed by atoms with Gasteiger partial charge < -0.3 is 9.15 Å². The summed E-state index contributed by atoms with van der Waals surface area (Å²) in [4.78, 5) is 21.3. The van der Waals surface area contributed by atoms with Crippen molar-refractivity contribution in [3.05, 3.63) is 60.9 Å². The van der Waals surface area contributed by atoms with Gasteiger partial charge in [-0.3, -0.25) is 0 Å². The molecule has 0 atom stereocenters. The van der Waals surface area contributed by atoms with Crippen LogP contribution in [0.3, 0.4) is 0 Å². The third kappa shape index (κ3) is 3.26. The summed E-state index contributed by atoms with van der Waals surface area (Å²) in [5.41, 5.74) is 0.306. The highest BCUT2D eigenvalue weighted by Crippen LogP contribution is 2.30. The van der Waals surface area contributed by atoms with Gasteiger partial charge in [-0.05, 0) is 40.2 Å². The maximum atomic E-state index is 12.5. The van der Waals surface area contributed by atoms with Gasteiger partial charge in [0, 0.05) is 21.2 Å². The Kier molecular flexibility index (Phi) is 4.75. The Bertz CT molecular complexity index is 1240. The van der Waals surface area contributed by atoms with Gasteiger partial charge in [0.05, 0.1) is 23.0 Å². The molecule has 0 aliphatic rings. The molecule has 10 heteroatoms. The summed E-state index contributed by atoms with van der Waals surface area (Å²) in [5, 5.41) is 5.02. The van der Waals surface area contributed by atoms with Gasteiger partial charge in [-0.1, -0.05) is 27.5 Å². The van der Waals surface area contributed by atoms with Crippen LogP contribution in [0.15, 0.2) is 54.7 Å². The van der Waals surface area contributed by atoms with Gasteiger partial charge in [0.15, 0.2) is 5.82 Å². The van der Waals surface area contributed by atoms with Crippen LogP contribution in [0.4, 0.5) is 0 Å². The number of methoxy groups -OCH3 is 1. The first kappa shape index (κ1) is 18.1. The van der Waals surface area contributed by atoms with Crippen molar-refractivity contribution in [2.75, 3.05) is 7.11 Å². The zero-order valence-corrected chi connectivity index (χ0v) is 17.5. The predicted octanol–water partition coefficient (Wildman–Crippen LogP) is 4.62. The highest BCUT2D eigenvalue weighted by molar-refractivity contribution is 9.11.